The smallest absolute Gasteiger partial charge is 0.0574 e. The number of nitrogens with one attached hydrogen (secondary N) is 2. The summed E-state index contributed by atoms with van der Waals surface area (Å²) in [7, 11) is 0. The number of terminal acetylenes is 1. The molecule has 0 amide bonds. The van der Waals surface area contributed by atoms with E-state index in [0.717, 1.165) is 13.1 Å². The van der Waals surface area contributed by atoms with Crippen LogP contribution in [0.15, 0.2) is 0 Å². The summed E-state index contributed by atoms with van der Waals surface area (Å²) < 4.78 is 0. The minimum absolute atomic E-state index is 0.634. The molecule has 0 aliphatic rings. The SMILES string of the molecule is C#CCNCCNC(C)CCCCC. The average Bonchev–Trinajstić information content (AvgIpc) is 2.18. The first-order valence-electron chi connectivity index (χ1n) is 5.68. The molecule has 0 bridgehead atoms. The van der Waals surface area contributed by atoms with E-state index in [0.29, 0.717) is 12.6 Å². The van der Waals surface area contributed by atoms with Crippen molar-refractivity contribution in [2.75, 3.05) is 19.6 Å². The van der Waals surface area contributed by atoms with E-state index in [1.54, 1.807) is 0 Å². The van der Waals surface area contributed by atoms with Gasteiger partial charge in [0.1, 0.15) is 0 Å². The quantitative estimate of drug-likeness (QED) is 0.434. The zero-order chi connectivity index (χ0) is 10.6. The van der Waals surface area contributed by atoms with Crippen LogP contribution in [0.25, 0.3) is 0 Å². The predicted molar refractivity (Wildman–Crippen MR) is 63.3 cm³/mol. The van der Waals surface area contributed by atoms with Crippen molar-refractivity contribution in [3.8, 4) is 12.3 Å². The van der Waals surface area contributed by atoms with Crippen molar-refractivity contribution < 1.29 is 0 Å². The lowest BCUT2D eigenvalue weighted by Crippen LogP contribution is -2.33. The van der Waals surface area contributed by atoms with Gasteiger partial charge in [0.05, 0.1) is 6.54 Å². The molecule has 0 radical (unpaired) electrons. The fraction of sp³-hybridized carbons (Fsp3) is 0.833. The number of rotatable bonds is 9. The average molecular weight is 196 g/mol. The maximum absolute atomic E-state index is 5.12. The molecule has 0 fully saturated rings. The molecule has 14 heavy (non-hydrogen) atoms. The summed E-state index contributed by atoms with van der Waals surface area (Å²) in [6.07, 6.45) is 10.4. The zero-order valence-electron chi connectivity index (χ0n) is 9.60. The Bertz CT molecular complexity index is 149. The summed E-state index contributed by atoms with van der Waals surface area (Å²) >= 11 is 0. The molecule has 82 valence electrons. The number of hydrogen-bond donors (Lipinski definition) is 2. The monoisotopic (exact) mass is 196 g/mol. The van der Waals surface area contributed by atoms with Gasteiger partial charge in [-0.15, -0.1) is 6.42 Å². The molecule has 1 atom stereocenters. The van der Waals surface area contributed by atoms with E-state index in [1.165, 1.54) is 25.7 Å². The molecule has 0 rings (SSSR count). The molecular weight excluding hydrogens is 172 g/mol. The highest BCUT2D eigenvalue weighted by atomic mass is 15.0. The van der Waals surface area contributed by atoms with Gasteiger partial charge in [-0.1, -0.05) is 32.1 Å². The molecule has 0 saturated carbocycles. The van der Waals surface area contributed by atoms with Gasteiger partial charge >= 0.3 is 0 Å². The highest BCUT2D eigenvalue weighted by Gasteiger charge is 1.98. The van der Waals surface area contributed by atoms with Gasteiger partial charge in [-0.3, -0.25) is 0 Å². The van der Waals surface area contributed by atoms with Crippen LogP contribution in [0, 0.1) is 12.3 Å². The van der Waals surface area contributed by atoms with Crippen molar-refractivity contribution in [2.45, 2.75) is 45.6 Å². The molecule has 0 saturated heterocycles. The molecule has 0 aliphatic carbocycles. The van der Waals surface area contributed by atoms with Gasteiger partial charge in [-0.25, -0.2) is 0 Å². The molecule has 2 nitrogen and oxygen atoms in total. The van der Waals surface area contributed by atoms with Crippen LogP contribution >= 0.6 is 0 Å². The zero-order valence-corrected chi connectivity index (χ0v) is 9.60. The lowest BCUT2D eigenvalue weighted by atomic mass is 10.1. The van der Waals surface area contributed by atoms with Crippen LogP contribution < -0.4 is 10.6 Å². The van der Waals surface area contributed by atoms with Crippen LogP contribution in [0.4, 0.5) is 0 Å². The van der Waals surface area contributed by atoms with Crippen molar-refractivity contribution in [3.63, 3.8) is 0 Å². The van der Waals surface area contributed by atoms with Crippen molar-refractivity contribution in [1.29, 1.82) is 0 Å². The fourth-order valence-corrected chi connectivity index (χ4v) is 1.37. The largest absolute Gasteiger partial charge is 0.313 e. The molecule has 0 aliphatic heterocycles. The topological polar surface area (TPSA) is 24.1 Å². The maximum Gasteiger partial charge on any atom is 0.0574 e. The Hall–Kier alpha value is -0.520. The molecule has 2 N–H and O–H groups in total. The predicted octanol–water partition coefficient (Wildman–Crippen LogP) is 1.77. The van der Waals surface area contributed by atoms with Crippen molar-refractivity contribution >= 4 is 0 Å². The maximum atomic E-state index is 5.12. The third kappa shape index (κ3) is 9.57. The molecule has 0 aromatic rings. The number of hydrogen-bond acceptors (Lipinski definition) is 2. The Labute approximate surface area is 88.9 Å². The first-order valence-corrected chi connectivity index (χ1v) is 5.68. The van der Waals surface area contributed by atoms with E-state index >= 15 is 0 Å². The second-order valence-electron chi connectivity index (χ2n) is 3.73. The van der Waals surface area contributed by atoms with Crippen LogP contribution in [0.2, 0.25) is 0 Å². The summed E-state index contributed by atoms with van der Waals surface area (Å²) in [6.45, 7) is 7.13. The standard InChI is InChI=1S/C12H24N2/c1-4-6-7-8-12(3)14-11-10-13-9-5-2/h2,12-14H,4,6-11H2,1,3H3. The fourth-order valence-electron chi connectivity index (χ4n) is 1.37. The van der Waals surface area contributed by atoms with Crippen LogP contribution in [-0.2, 0) is 0 Å². The first kappa shape index (κ1) is 13.5. The van der Waals surface area contributed by atoms with E-state index < -0.39 is 0 Å². The van der Waals surface area contributed by atoms with E-state index in [2.05, 4.69) is 30.4 Å². The Kier molecular flexibility index (Phi) is 10.2. The molecule has 0 heterocycles. The van der Waals surface area contributed by atoms with E-state index in [1.807, 2.05) is 0 Å². The molecule has 0 aromatic carbocycles. The van der Waals surface area contributed by atoms with Gasteiger partial charge in [-0.2, -0.15) is 0 Å². The van der Waals surface area contributed by atoms with Crippen LogP contribution in [0.3, 0.4) is 0 Å². The van der Waals surface area contributed by atoms with Crippen LogP contribution in [-0.4, -0.2) is 25.7 Å². The minimum Gasteiger partial charge on any atom is -0.313 e. The van der Waals surface area contributed by atoms with Crippen molar-refractivity contribution in [3.05, 3.63) is 0 Å². The molecule has 0 aromatic heterocycles. The normalized spacial score (nSPS) is 12.4. The van der Waals surface area contributed by atoms with E-state index in [9.17, 15) is 0 Å². The molecule has 1 unspecified atom stereocenters. The van der Waals surface area contributed by atoms with Gasteiger partial charge in [0, 0.05) is 19.1 Å². The Morgan fingerprint density at radius 2 is 2.07 bits per heavy atom. The van der Waals surface area contributed by atoms with E-state index in [-0.39, 0.29) is 0 Å². The van der Waals surface area contributed by atoms with Gasteiger partial charge in [0.15, 0.2) is 0 Å². The van der Waals surface area contributed by atoms with Gasteiger partial charge in [0.25, 0.3) is 0 Å². The highest BCUT2D eigenvalue weighted by molar-refractivity contribution is 4.86. The molecule has 2 heteroatoms. The van der Waals surface area contributed by atoms with E-state index in [4.69, 9.17) is 6.42 Å². The minimum atomic E-state index is 0.634. The van der Waals surface area contributed by atoms with Gasteiger partial charge in [0.2, 0.25) is 0 Å². The van der Waals surface area contributed by atoms with Crippen molar-refractivity contribution in [1.82, 2.24) is 10.6 Å². The second kappa shape index (κ2) is 10.6. The second-order valence-corrected chi connectivity index (χ2v) is 3.73. The summed E-state index contributed by atoms with van der Waals surface area (Å²) in [6, 6.07) is 0.634. The lowest BCUT2D eigenvalue weighted by Gasteiger charge is -2.13. The third-order valence-corrected chi connectivity index (χ3v) is 2.26. The Balaban J connectivity index is 3.10. The van der Waals surface area contributed by atoms with Gasteiger partial charge < -0.3 is 10.6 Å². The summed E-state index contributed by atoms with van der Waals surface area (Å²) in [5.74, 6) is 2.56. The summed E-state index contributed by atoms with van der Waals surface area (Å²) in [5, 5.41) is 6.63. The number of unbranched alkanes of at least 4 members (excludes halogenated alkanes) is 2. The summed E-state index contributed by atoms with van der Waals surface area (Å²) in [5.41, 5.74) is 0. The molecular formula is C12H24N2. The van der Waals surface area contributed by atoms with Gasteiger partial charge in [-0.05, 0) is 13.3 Å². The van der Waals surface area contributed by atoms with Crippen LogP contribution in [0.1, 0.15) is 39.5 Å². The lowest BCUT2D eigenvalue weighted by molar-refractivity contribution is 0.484. The summed E-state index contributed by atoms with van der Waals surface area (Å²) in [4.78, 5) is 0. The third-order valence-electron chi connectivity index (χ3n) is 2.26. The highest BCUT2D eigenvalue weighted by Crippen LogP contribution is 2.01. The molecule has 0 spiro atoms. The van der Waals surface area contributed by atoms with Crippen molar-refractivity contribution in [2.24, 2.45) is 0 Å². The Morgan fingerprint density at radius 1 is 1.29 bits per heavy atom. The Morgan fingerprint density at radius 3 is 2.71 bits per heavy atom. The first-order chi connectivity index (χ1) is 6.81. The van der Waals surface area contributed by atoms with Crippen LogP contribution in [0.5, 0.6) is 0 Å².